The van der Waals surface area contributed by atoms with Crippen molar-refractivity contribution in [1.82, 2.24) is 14.4 Å². The van der Waals surface area contributed by atoms with Gasteiger partial charge in [-0.15, -0.1) is 0 Å². The summed E-state index contributed by atoms with van der Waals surface area (Å²) < 4.78 is 11.5. The summed E-state index contributed by atoms with van der Waals surface area (Å²) in [6.45, 7) is 5.41. The maximum atomic E-state index is 12.8. The van der Waals surface area contributed by atoms with Gasteiger partial charge in [0.05, 0.1) is 12.1 Å². The van der Waals surface area contributed by atoms with Crippen LogP contribution in [0.1, 0.15) is 19.9 Å². The number of carbonyl (C=O) groups excluding carboxylic acids is 2. The Hall–Kier alpha value is -2.77. The summed E-state index contributed by atoms with van der Waals surface area (Å²) in [7, 11) is 0. The van der Waals surface area contributed by atoms with Gasteiger partial charge in [0.2, 0.25) is 5.91 Å². The lowest BCUT2D eigenvalue weighted by atomic mass is 10.2. The van der Waals surface area contributed by atoms with E-state index < -0.39 is 11.8 Å². The van der Waals surface area contributed by atoms with E-state index in [1.54, 1.807) is 47.9 Å². The molecule has 1 fully saturated rings. The number of nitrogens with zero attached hydrogens (tertiary/aromatic N) is 3. The summed E-state index contributed by atoms with van der Waals surface area (Å²) in [6.07, 6.45) is -0.361. The Kier molecular flexibility index (Phi) is 4.78. The quantitative estimate of drug-likeness (QED) is 0.839. The predicted molar refractivity (Wildman–Crippen MR) is 90.4 cm³/mol. The lowest BCUT2D eigenvalue weighted by Gasteiger charge is -2.35. The zero-order valence-corrected chi connectivity index (χ0v) is 14.3. The number of hydrogen-bond acceptors (Lipinski definition) is 5. The van der Waals surface area contributed by atoms with Crippen LogP contribution in [0.4, 0.5) is 4.79 Å². The number of amides is 2. The number of aromatic nitrogens is 1. The van der Waals surface area contributed by atoms with Gasteiger partial charge in [0.15, 0.2) is 5.58 Å². The van der Waals surface area contributed by atoms with Gasteiger partial charge >= 0.3 is 11.8 Å². The fourth-order valence-corrected chi connectivity index (χ4v) is 3.05. The Labute approximate surface area is 144 Å². The molecular weight excluding hydrogens is 326 g/mol. The van der Waals surface area contributed by atoms with Crippen LogP contribution < -0.4 is 5.76 Å². The molecule has 2 aromatic rings. The molecule has 0 N–H and O–H groups in total. The molecule has 134 valence electrons. The topological polar surface area (TPSA) is 85.0 Å². The SMILES string of the molecule is CCOC(=O)N1CCN(C(=O)[C@@H](C)n2c(=O)oc3ccccc32)CC1. The summed E-state index contributed by atoms with van der Waals surface area (Å²) in [4.78, 5) is 39.9. The third kappa shape index (κ3) is 3.24. The highest BCUT2D eigenvalue weighted by molar-refractivity contribution is 5.83. The van der Waals surface area contributed by atoms with Crippen LogP contribution in [-0.2, 0) is 9.53 Å². The Balaban J connectivity index is 1.72. The van der Waals surface area contributed by atoms with Crippen molar-refractivity contribution in [3.05, 3.63) is 34.8 Å². The van der Waals surface area contributed by atoms with E-state index in [4.69, 9.17) is 9.15 Å². The van der Waals surface area contributed by atoms with Crippen molar-refractivity contribution in [2.24, 2.45) is 0 Å². The summed E-state index contributed by atoms with van der Waals surface area (Å²) in [6, 6.07) is 6.34. The van der Waals surface area contributed by atoms with Crippen molar-refractivity contribution >= 4 is 23.1 Å². The minimum absolute atomic E-state index is 0.169. The van der Waals surface area contributed by atoms with E-state index in [1.165, 1.54) is 4.57 Å². The number of piperazine rings is 1. The molecule has 0 aliphatic carbocycles. The molecule has 0 bridgehead atoms. The first kappa shape index (κ1) is 17.1. The zero-order valence-electron chi connectivity index (χ0n) is 14.3. The van der Waals surface area contributed by atoms with Crippen molar-refractivity contribution in [1.29, 1.82) is 0 Å². The molecule has 8 nitrogen and oxygen atoms in total. The second-order valence-electron chi connectivity index (χ2n) is 5.89. The lowest BCUT2D eigenvalue weighted by molar-refractivity contribution is -0.135. The molecule has 3 rings (SSSR count). The highest BCUT2D eigenvalue weighted by atomic mass is 16.6. The molecule has 2 amide bonds. The largest absolute Gasteiger partial charge is 0.450 e. The molecule has 8 heteroatoms. The number of oxazole rings is 1. The minimum Gasteiger partial charge on any atom is -0.450 e. The van der Waals surface area contributed by atoms with E-state index in [0.717, 1.165) is 0 Å². The highest BCUT2D eigenvalue weighted by Gasteiger charge is 2.29. The van der Waals surface area contributed by atoms with Crippen LogP contribution in [0.2, 0.25) is 0 Å². The van der Waals surface area contributed by atoms with Crippen molar-refractivity contribution in [3.8, 4) is 0 Å². The van der Waals surface area contributed by atoms with Gasteiger partial charge in [-0.25, -0.2) is 9.59 Å². The Morgan fingerprint density at radius 1 is 1.16 bits per heavy atom. The van der Waals surface area contributed by atoms with Crippen LogP contribution >= 0.6 is 0 Å². The van der Waals surface area contributed by atoms with E-state index in [9.17, 15) is 14.4 Å². The second-order valence-corrected chi connectivity index (χ2v) is 5.89. The molecule has 0 unspecified atom stereocenters. The number of carbonyl (C=O) groups is 2. The van der Waals surface area contributed by atoms with E-state index >= 15 is 0 Å². The lowest BCUT2D eigenvalue weighted by Crippen LogP contribution is -2.52. The zero-order chi connectivity index (χ0) is 18.0. The van der Waals surface area contributed by atoms with Crippen LogP contribution in [0.15, 0.2) is 33.5 Å². The molecule has 1 aromatic carbocycles. The molecule has 1 aliphatic heterocycles. The number of para-hydroxylation sites is 2. The van der Waals surface area contributed by atoms with Crippen LogP contribution in [0.3, 0.4) is 0 Å². The molecule has 1 aliphatic rings. The maximum Gasteiger partial charge on any atom is 0.420 e. The summed E-state index contributed by atoms with van der Waals surface area (Å²) >= 11 is 0. The van der Waals surface area contributed by atoms with Gasteiger partial charge in [-0.05, 0) is 26.0 Å². The molecule has 0 radical (unpaired) electrons. The van der Waals surface area contributed by atoms with Gasteiger partial charge < -0.3 is 19.0 Å². The summed E-state index contributed by atoms with van der Waals surface area (Å²) in [5.74, 6) is -0.718. The maximum absolute atomic E-state index is 12.8. The Bertz CT molecular complexity index is 832. The molecule has 2 heterocycles. The molecule has 25 heavy (non-hydrogen) atoms. The summed E-state index contributed by atoms with van der Waals surface area (Å²) in [5, 5.41) is 0. The van der Waals surface area contributed by atoms with Gasteiger partial charge in [-0.2, -0.15) is 0 Å². The van der Waals surface area contributed by atoms with Crippen molar-refractivity contribution in [2.75, 3.05) is 32.8 Å². The van der Waals surface area contributed by atoms with Gasteiger partial charge in [-0.1, -0.05) is 12.1 Å². The number of hydrogen-bond donors (Lipinski definition) is 0. The Morgan fingerprint density at radius 2 is 1.80 bits per heavy atom. The average molecular weight is 347 g/mol. The van der Waals surface area contributed by atoms with E-state index in [2.05, 4.69) is 0 Å². The Morgan fingerprint density at radius 3 is 2.48 bits per heavy atom. The second kappa shape index (κ2) is 7.00. The third-order valence-corrected chi connectivity index (χ3v) is 4.38. The van der Waals surface area contributed by atoms with Crippen molar-refractivity contribution in [3.63, 3.8) is 0 Å². The molecule has 1 atom stereocenters. The number of fused-ring (bicyclic) bond motifs is 1. The molecule has 1 aromatic heterocycles. The van der Waals surface area contributed by atoms with Gasteiger partial charge in [0.1, 0.15) is 6.04 Å². The fourth-order valence-electron chi connectivity index (χ4n) is 3.05. The first-order valence-electron chi connectivity index (χ1n) is 8.33. The van der Waals surface area contributed by atoms with Crippen LogP contribution in [0.5, 0.6) is 0 Å². The number of ether oxygens (including phenoxy) is 1. The smallest absolute Gasteiger partial charge is 0.420 e. The van der Waals surface area contributed by atoms with Crippen molar-refractivity contribution in [2.45, 2.75) is 19.9 Å². The third-order valence-electron chi connectivity index (χ3n) is 4.38. The highest BCUT2D eigenvalue weighted by Crippen LogP contribution is 2.19. The van der Waals surface area contributed by atoms with Gasteiger partial charge in [0, 0.05) is 26.2 Å². The fraction of sp³-hybridized carbons (Fsp3) is 0.471. The van der Waals surface area contributed by atoms with E-state index in [0.29, 0.717) is 43.9 Å². The van der Waals surface area contributed by atoms with E-state index in [-0.39, 0.29) is 12.0 Å². The first-order valence-corrected chi connectivity index (χ1v) is 8.33. The van der Waals surface area contributed by atoms with Crippen LogP contribution in [0.25, 0.3) is 11.1 Å². The summed E-state index contributed by atoms with van der Waals surface area (Å²) in [5.41, 5.74) is 1.05. The molecule has 0 saturated carbocycles. The molecule has 0 spiro atoms. The van der Waals surface area contributed by atoms with E-state index in [1.807, 2.05) is 0 Å². The van der Waals surface area contributed by atoms with Crippen LogP contribution in [0, 0.1) is 0 Å². The minimum atomic E-state index is -0.676. The average Bonchev–Trinajstić information content (AvgIpc) is 2.96. The normalized spacial score (nSPS) is 16.1. The monoisotopic (exact) mass is 347 g/mol. The number of benzene rings is 1. The van der Waals surface area contributed by atoms with Gasteiger partial charge in [0.25, 0.3) is 0 Å². The van der Waals surface area contributed by atoms with Gasteiger partial charge in [-0.3, -0.25) is 9.36 Å². The predicted octanol–water partition coefficient (Wildman–Crippen LogP) is 1.46. The van der Waals surface area contributed by atoms with Crippen LogP contribution in [-0.4, -0.2) is 59.2 Å². The number of rotatable bonds is 3. The molecular formula is C17H21N3O5. The molecule has 1 saturated heterocycles. The first-order chi connectivity index (χ1) is 12.0. The standard InChI is InChI=1S/C17H21N3O5/c1-3-24-16(22)19-10-8-18(9-11-19)15(21)12(2)20-13-6-4-5-7-14(13)25-17(20)23/h4-7,12H,3,8-11H2,1-2H3/t12-/m1/s1. The van der Waals surface area contributed by atoms with Crippen molar-refractivity contribution < 1.29 is 18.7 Å².